The van der Waals surface area contributed by atoms with E-state index >= 15 is 8.78 Å². The fourth-order valence-electron chi connectivity index (χ4n) is 4.94. The van der Waals surface area contributed by atoms with Gasteiger partial charge in [0, 0.05) is 36.9 Å². The van der Waals surface area contributed by atoms with E-state index in [0.717, 1.165) is 38.2 Å². The molecule has 0 spiro atoms. The molecule has 3 saturated heterocycles. The van der Waals surface area contributed by atoms with Crippen molar-refractivity contribution in [1.29, 1.82) is 0 Å². The number of piperazine rings is 1. The molecule has 6 rings (SSSR count). The standard InChI is InChI=1S/C21H23F2N3O3/c1-21-6-2-3-12(8-24-21)26(10-21)18-15(22)7-13-17(16(18)23)25(11-4-5-11)9-14(19(13)27)20(28)29/h7,9,11-12,24H,2-6,8,10H2,1H3,(H,28,29). The van der Waals surface area contributed by atoms with Gasteiger partial charge in [0.15, 0.2) is 5.82 Å². The van der Waals surface area contributed by atoms with Gasteiger partial charge in [-0.1, -0.05) is 0 Å². The predicted molar refractivity (Wildman–Crippen MR) is 105 cm³/mol. The summed E-state index contributed by atoms with van der Waals surface area (Å²) in [5.41, 5.74) is -1.61. The number of fused-ring (bicyclic) bond motifs is 5. The summed E-state index contributed by atoms with van der Waals surface area (Å²) in [4.78, 5) is 25.9. The Kier molecular flexibility index (Phi) is 4.00. The first-order valence-corrected chi connectivity index (χ1v) is 10.1. The molecule has 1 aromatic heterocycles. The second kappa shape index (κ2) is 6.26. The number of carbonyl (C=O) groups is 1. The molecule has 0 radical (unpaired) electrons. The summed E-state index contributed by atoms with van der Waals surface area (Å²) >= 11 is 0. The molecule has 3 aliphatic heterocycles. The molecule has 29 heavy (non-hydrogen) atoms. The minimum Gasteiger partial charge on any atom is -0.477 e. The molecule has 4 heterocycles. The maximum Gasteiger partial charge on any atom is 0.341 e. The minimum atomic E-state index is -1.39. The van der Waals surface area contributed by atoms with Gasteiger partial charge in [0.25, 0.3) is 0 Å². The highest BCUT2D eigenvalue weighted by Crippen LogP contribution is 2.41. The number of hydrogen-bond acceptors (Lipinski definition) is 4. The summed E-state index contributed by atoms with van der Waals surface area (Å²) in [6.45, 7) is 3.20. The first-order valence-electron chi connectivity index (χ1n) is 10.1. The molecule has 4 fully saturated rings. The molecular weight excluding hydrogens is 380 g/mol. The van der Waals surface area contributed by atoms with Crippen LogP contribution >= 0.6 is 0 Å². The molecule has 4 aliphatic rings. The van der Waals surface area contributed by atoms with Crippen LogP contribution in [0, 0.1) is 11.6 Å². The van der Waals surface area contributed by atoms with Gasteiger partial charge in [-0.15, -0.1) is 0 Å². The van der Waals surface area contributed by atoms with E-state index in [0.29, 0.717) is 13.1 Å². The molecule has 154 valence electrons. The summed E-state index contributed by atoms with van der Waals surface area (Å²) in [7, 11) is 0. The van der Waals surface area contributed by atoms with Gasteiger partial charge >= 0.3 is 5.97 Å². The Morgan fingerprint density at radius 2 is 2.03 bits per heavy atom. The molecule has 2 unspecified atom stereocenters. The number of carboxylic acid groups (broad SMARTS) is 1. The molecule has 1 saturated carbocycles. The number of aromatic carboxylic acids is 1. The summed E-state index contributed by atoms with van der Waals surface area (Å²) in [5.74, 6) is -2.97. The van der Waals surface area contributed by atoms with Crippen molar-refractivity contribution < 1.29 is 18.7 Å². The van der Waals surface area contributed by atoms with Gasteiger partial charge < -0.3 is 19.9 Å². The van der Waals surface area contributed by atoms with Crippen molar-refractivity contribution in [3.63, 3.8) is 0 Å². The number of aromatic nitrogens is 1. The molecule has 2 bridgehead atoms. The third kappa shape index (κ3) is 2.84. The highest BCUT2D eigenvalue weighted by molar-refractivity contribution is 5.94. The number of pyridine rings is 1. The van der Waals surface area contributed by atoms with Gasteiger partial charge in [-0.3, -0.25) is 4.79 Å². The average Bonchev–Trinajstić information content (AvgIpc) is 3.50. The lowest BCUT2D eigenvalue weighted by atomic mass is 9.95. The van der Waals surface area contributed by atoms with E-state index in [2.05, 4.69) is 12.2 Å². The smallest absolute Gasteiger partial charge is 0.341 e. The Morgan fingerprint density at radius 1 is 1.28 bits per heavy atom. The second-order valence-corrected chi connectivity index (χ2v) is 8.85. The zero-order chi connectivity index (χ0) is 20.5. The van der Waals surface area contributed by atoms with E-state index in [4.69, 9.17) is 0 Å². The zero-order valence-corrected chi connectivity index (χ0v) is 16.2. The van der Waals surface area contributed by atoms with E-state index in [1.54, 1.807) is 4.90 Å². The monoisotopic (exact) mass is 403 g/mol. The highest BCUT2D eigenvalue weighted by Gasteiger charge is 2.41. The van der Waals surface area contributed by atoms with Gasteiger partial charge in [0.2, 0.25) is 5.43 Å². The molecule has 2 atom stereocenters. The van der Waals surface area contributed by atoms with E-state index < -0.39 is 28.6 Å². The molecule has 2 N–H and O–H groups in total. The molecule has 0 amide bonds. The third-order valence-corrected chi connectivity index (χ3v) is 6.63. The van der Waals surface area contributed by atoms with Crippen LogP contribution in [0.5, 0.6) is 0 Å². The number of hydrogen-bond donors (Lipinski definition) is 2. The molecular formula is C21H23F2N3O3. The molecule has 1 aliphatic carbocycles. The van der Waals surface area contributed by atoms with Crippen molar-refractivity contribution in [2.45, 2.75) is 56.7 Å². The lowest BCUT2D eigenvalue weighted by Crippen LogP contribution is -2.61. The van der Waals surface area contributed by atoms with Gasteiger partial charge in [-0.05, 0) is 45.1 Å². The fourth-order valence-corrected chi connectivity index (χ4v) is 4.94. The Morgan fingerprint density at radius 3 is 2.72 bits per heavy atom. The van der Waals surface area contributed by atoms with Crippen molar-refractivity contribution in [1.82, 2.24) is 9.88 Å². The SMILES string of the molecule is CC12CCCC(CN1)N(c1c(F)cc3c(=O)c(C(=O)O)cn(C4CC4)c3c1F)C2. The first-order chi connectivity index (χ1) is 13.8. The zero-order valence-electron chi connectivity index (χ0n) is 16.2. The van der Waals surface area contributed by atoms with Crippen molar-refractivity contribution >= 4 is 22.6 Å². The van der Waals surface area contributed by atoms with Gasteiger partial charge in [0.05, 0.1) is 10.9 Å². The van der Waals surface area contributed by atoms with Crippen LogP contribution in [0.3, 0.4) is 0 Å². The molecule has 2 aromatic rings. The normalized spacial score (nSPS) is 26.7. The number of anilines is 1. The Labute approximate surface area is 166 Å². The number of nitrogens with zero attached hydrogens (tertiary/aromatic N) is 2. The maximum atomic E-state index is 15.8. The number of carboxylic acids is 1. The number of halogens is 2. The summed E-state index contributed by atoms with van der Waals surface area (Å²) in [6.07, 6.45) is 5.52. The van der Waals surface area contributed by atoms with Crippen LogP contribution < -0.4 is 15.6 Å². The second-order valence-electron chi connectivity index (χ2n) is 8.85. The van der Waals surface area contributed by atoms with Crippen molar-refractivity contribution in [3.05, 3.63) is 39.7 Å². The van der Waals surface area contributed by atoms with Gasteiger partial charge in [0.1, 0.15) is 17.1 Å². The van der Waals surface area contributed by atoms with E-state index in [9.17, 15) is 14.7 Å². The Balaban J connectivity index is 1.76. The molecule has 8 heteroatoms. The van der Waals surface area contributed by atoms with E-state index in [1.165, 1.54) is 10.8 Å². The summed E-state index contributed by atoms with van der Waals surface area (Å²) in [5, 5.41) is 12.7. The van der Waals surface area contributed by atoms with Crippen LogP contribution in [0.4, 0.5) is 14.5 Å². The van der Waals surface area contributed by atoms with Crippen LogP contribution in [-0.2, 0) is 0 Å². The van der Waals surface area contributed by atoms with Crippen molar-refractivity contribution in [2.75, 3.05) is 18.0 Å². The van der Waals surface area contributed by atoms with Crippen molar-refractivity contribution in [3.8, 4) is 0 Å². The average molecular weight is 403 g/mol. The topological polar surface area (TPSA) is 74.6 Å². The van der Waals surface area contributed by atoms with Crippen LogP contribution in [0.1, 0.15) is 55.4 Å². The predicted octanol–water partition coefficient (Wildman–Crippen LogP) is 3.03. The van der Waals surface area contributed by atoms with E-state index in [-0.39, 0.29) is 34.2 Å². The fraction of sp³-hybridized carbons (Fsp3) is 0.524. The number of nitrogens with one attached hydrogen (secondary N) is 1. The number of benzene rings is 1. The summed E-state index contributed by atoms with van der Waals surface area (Å²) < 4.78 is 32.6. The first kappa shape index (κ1) is 18.5. The third-order valence-electron chi connectivity index (χ3n) is 6.63. The lowest BCUT2D eigenvalue weighted by molar-refractivity contribution is 0.0694. The van der Waals surface area contributed by atoms with Crippen LogP contribution in [0.15, 0.2) is 17.1 Å². The Bertz CT molecular complexity index is 1090. The number of rotatable bonds is 3. The van der Waals surface area contributed by atoms with E-state index in [1.807, 2.05) is 0 Å². The highest BCUT2D eigenvalue weighted by atomic mass is 19.1. The Hall–Kier alpha value is -2.48. The van der Waals surface area contributed by atoms with Crippen LogP contribution in [-0.4, -0.2) is 40.3 Å². The largest absolute Gasteiger partial charge is 0.477 e. The minimum absolute atomic E-state index is 0.0112. The summed E-state index contributed by atoms with van der Waals surface area (Å²) in [6, 6.07) is 0.936. The maximum absolute atomic E-state index is 15.8. The molecule has 1 aromatic carbocycles. The van der Waals surface area contributed by atoms with Gasteiger partial charge in [-0.2, -0.15) is 0 Å². The lowest BCUT2D eigenvalue weighted by Gasteiger charge is -2.44. The van der Waals surface area contributed by atoms with Crippen LogP contribution in [0.25, 0.3) is 10.9 Å². The molecule has 6 nitrogen and oxygen atoms in total. The van der Waals surface area contributed by atoms with Crippen LogP contribution in [0.2, 0.25) is 0 Å². The quantitative estimate of drug-likeness (QED) is 0.824. The van der Waals surface area contributed by atoms with Crippen molar-refractivity contribution in [2.24, 2.45) is 0 Å². The van der Waals surface area contributed by atoms with Gasteiger partial charge in [-0.25, -0.2) is 13.6 Å².